The van der Waals surface area contributed by atoms with E-state index in [4.69, 9.17) is 4.74 Å². The van der Waals surface area contributed by atoms with Crippen LogP contribution < -0.4 is 10.1 Å². The monoisotopic (exact) mass is 345 g/mol. The molecule has 130 valence electrons. The molecule has 0 saturated carbocycles. The number of aryl methyl sites for hydroxylation is 1. The predicted octanol–water partition coefficient (Wildman–Crippen LogP) is 4.72. The summed E-state index contributed by atoms with van der Waals surface area (Å²) >= 11 is 0. The first-order chi connectivity index (χ1) is 12.7. The van der Waals surface area contributed by atoms with Gasteiger partial charge in [0.15, 0.2) is 0 Å². The third kappa shape index (κ3) is 4.36. The van der Waals surface area contributed by atoms with Crippen LogP contribution in [0.15, 0.2) is 78.9 Å². The lowest BCUT2D eigenvalue weighted by Crippen LogP contribution is -2.12. The molecule has 3 rings (SSSR count). The van der Waals surface area contributed by atoms with E-state index in [9.17, 15) is 9.59 Å². The predicted molar refractivity (Wildman–Crippen MR) is 102 cm³/mol. The first-order valence-corrected chi connectivity index (χ1v) is 8.43. The quantitative estimate of drug-likeness (QED) is 0.538. The molecule has 26 heavy (non-hydrogen) atoms. The Balaban J connectivity index is 1.63. The minimum atomic E-state index is -0.422. The Labute approximate surface area is 152 Å². The number of rotatable bonds is 5. The van der Waals surface area contributed by atoms with E-state index < -0.39 is 5.97 Å². The van der Waals surface area contributed by atoms with Crippen LogP contribution in [0.3, 0.4) is 0 Å². The molecule has 4 nitrogen and oxygen atoms in total. The van der Waals surface area contributed by atoms with E-state index in [0.29, 0.717) is 16.9 Å². The molecule has 1 N–H and O–H groups in total. The first-order valence-electron chi connectivity index (χ1n) is 8.43. The Hall–Kier alpha value is -3.40. The van der Waals surface area contributed by atoms with Crippen molar-refractivity contribution in [3.63, 3.8) is 0 Å². The van der Waals surface area contributed by atoms with Gasteiger partial charge in [-0.3, -0.25) is 4.79 Å². The summed E-state index contributed by atoms with van der Waals surface area (Å²) in [7, 11) is 0. The molecule has 0 aromatic heterocycles. The fourth-order valence-electron chi connectivity index (χ4n) is 2.44. The Bertz CT molecular complexity index is 885. The lowest BCUT2D eigenvalue weighted by molar-refractivity contribution is 0.0734. The summed E-state index contributed by atoms with van der Waals surface area (Å²) in [6.07, 6.45) is 0.918. The molecule has 0 aliphatic carbocycles. The van der Waals surface area contributed by atoms with E-state index in [1.807, 2.05) is 42.5 Å². The number of esters is 1. The molecular weight excluding hydrogens is 326 g/mol. The summed E-state index contributed by atoms with van der Waals surface area (Å²) in [6, 6.07) is 23.0. The number of para-hydroxylation sites is 1. The second kappa shape index (κ2) is 8.12. The Kier molecular flexibility index (Phi) is 5.44. The largest absolute Gasteiger partial charge is 0.423 e. The van der Waals surface area contributed by atoms with Crippen molar-refractivity contribution in [1.82, 2.24) is 0 Å². The van der Waals surface area contributed by atoms with E-state index in [0.717, 1.165) is 17.7 Å². The zero-order valence-electron chi connectivity index (χ0n) is 14.4. The van der Waals surface area contributed by atoms with E-state index in [-0.39, 0.29) is 5.91 Å². The normalized spacial score (nSPS) is 10.2. The van der Waals surface area contributed by atoms with E-state index in [1.54, 1.807) is 36.4 Å². The van der Waals surface area contributed by atoms with Gasteiger partial charge < -0.3 is 10.1 Å². The number of ether oxygens (including phenoxy) is 1. The summed E-state index contributed by atoms with van der Waals surface area (Å²) in [5.74, 6) is -0.246. The summed E-state index contributed by atoms with van der Waals surface area (Å²) in [5.41, 5.74) is 2.87. The van der Waals surface area contributed by atoms with Gasteiger partial charge in [-0.1, -0.05) is 37.3 Å². The van der Waals surface area contributed by atoms with Gasteiger partial charge >= 0.3 is 5.97 Å². The number of carbonyl (C=O) groups excluding carboxylic acids is 2. The maximum atomic E-state index is 12.2. The van der Waals surface area contributed by atoms with Crippen LogP contribution in [0, 0.1) is 0 Å². The molecule has 0 spiro atoms. The SMILES string of the molecule is CCc1ccc(C(=O)Oc2ccc(C(=O)Nc3ccccc3)cc2)cc1. The van der Waals surface area contributed by atoms with Gasteiger partial charge in [-0.2, -0.15) is 0 Å². The summed E-state index contributed by atoms with van der Waals surface area (Å²) in [5, 5.41) is 2.81. The minimum Gasteiger partial charge on any atom is -0.423 e. The van der Waals surface area contributed by atoms with Crippen LogP contribution in [0.25, 0.3) is 0 Å². The number of carbonyl (C=O) groups is 2. The molecule has 0 unspecified atom stereocenters. The van der Waals surface area contributed by atoms with Crippen LogP contribution in [-0.2, 0) is 6.42 Å². The van der Waals surface area contributed by atoms with Crippen LogP contribution in [0.2, 0.25) is 0 Å². The van der Waals surface area contributed by atoms with Crippen molar-refractivity contribution in [2.24, 2.45) is 0 Å². The van der Waals surface area contributed by atoms with Crippen LogP contribution in [-0.4, -0.2) is 11.9 Å². The number of benzene rings is 3. The van der Waals surface area contributed by atoms with Crippen LogP contribution >= 0.6 is 0 Å². The standard InChI is InChI=1S/C22H19NO3/c1-2-16-8-10-18(11-9-16)22(25)26-20-14-12-17(13-15-20)21(24)23-19-6-4-3-5-7-19/h3-15H,2H2,1H3,(H,23,24). The molecule has 0 atom stereocenters. The lowest BCUT2D eigenvalue weighted by Gasteiger charge is -2.07. The summed E-state index contributed by atoms with van der Waals surface area (Å²) in [4.78, 5) is 24.4. The minimum absolute atomic E-state index is 0.218. The molecule has 0 bridgehead atoms. The molecule has 0 aliphatic rings. The zero-order valence-corrected chi connectivity index (χ0v) is 14.4. The Morgan fingerprint density at radius 2 is 1.42 bits per heavy atom. The molecule has 0 radical (unpaired) electrons. The maximum absolute atomic E-state index is 12.2. The van der Waals surface area contributed by atoms with Gasteiger partial charge in [0, 0.05) is 11.3 Å². The van der Waals surface area contributed by atoms with Gasteiger partial charge in [-0.15, -0.1) is 0 Å². The van der Waals surface area contributed by atoms with Crippen LogP contribution in [0.4, 0.5) is 5.69 Å². The molecule has 0 aliphatic heterocycles. The van der Waals surface area contributed by atoms with Crippen molar-refractivity contribution in [3.8, 4) is 5.75 Å². The van der Waals surface area contributed by atoms with Crippen molar-refractivity contribution < 1.29 is 14.3 Å². The molecular formula is C22H19NO3. The van der Waals surface area contributed by atoms with Crippen molar-refractivity contribution in [1.29, 1.82) is 0 Å². The Morgan fingerprint density at radius 3 is 2.04 bits per heavy atom. The van der Waals surface area contributed by atoms with Gasteiger partial charge in [-0.25, -0.2) is 4.79 Å². The van der Waals surface area contributed by atoms with Gasteiger partial charge in [0.05, 0.1) is 5.56 Å². The summed E-state index contributed by atoms with van der Waals surface area (Å²) < 4.78 is 5.36. The van der Waals surface area contributed by atoms with Crippen LogP contribution in [0.5, 0.6) is 5.75 Å². The van der Waals surface area contributed by atoms with E-state index in [2.05, 4.69) is 12.2 Å². The van der Waals surface area contributed by atoms with Crippen molar-refractivity contribution in [3.05, 3.63) is 95.6 Å². The third-order valence-corrected chi connectivity index (χ3v) is 3.96. The number of anilines is 1. The maximum Gasteiger partial charge on any atom is 0.343 e. The van der Waals surface area contributed by atoms with E-state index >= 15 is 0 Å². The van der Waals surface area contributed by atoms with E-state index in [1.165, 1.54) is 0 Å². The number of hydrogen-bond acceptors (Lipinski definition) is 3. The lowest BCUT2D eigenvalue weighted by atomic mass is 10.1. The number of hydrogen-bond donors (Lipinski definition) is 1. The third-order valence-electron chi connectivity index (χ3n) is 3.96. The van der Waals surface area contributed by atoms with Gasteiger partial charge in [0.2, 0.25) is 0 Å². The first kappa shape index (κ1) is 17.4. The fourth-order valence-corrected chi connectivity index (χ4v) is 2.44. The number of amides is 1. The smallest absolute Gasteiger partial charge is 0.343 e. The van der Waals surface area contributed by atoms with Crippen molar-refractivity contribution in [2.75, 3.05) is 5.32 Å². The second-order valence-electron chi connectivity index (χ2n) is 5.78. The molecule has 1 amide bonds. The molecule has 0 heterocycles. The highest BCUT2D eigenvalue weighted by molar-refractivity contribution is 6.04. The number of nitrogens with one attached hydrogen (secondary N) is 1. The topological polar surface area (TPSA) is 55.4 Å². The molecule has 4 heteroatoms. The fraction of sp³-hybridized carbons (Fsp3) is 0.0909. The van der Waals surface area contributed by atoms with Gasteiger partial charge in [-0.05, 0) is 60.5 Å². The molecule has 3 aromatic carbocycles. The van der Waals surface area contributed by atoms with Crippen molar-refractivity contribution >= 4 is 17.6 Å². The average molecular weight is 345 g/mol. The highest BCUT2D eigenvalue weighted by atomic mass is 16.5. The van der Waals surface area contributed by atoms with Gasteiger partial charge in [0.25, 0.3) is 5.91 Å². The highest BCUT2D eigenvalue weighted by Crippen LogP contribution is 2.16. The molecule has 3 aromatic rings. The van der Waals surface area contributed by atoms with Crippen LogP contribution in [0.1, 0.15) is 33.2 Å². The second-order valence-corrected chi connectivity index (χ2v) is 5.78. The summed E-state index contributed by atoms with van der Waals surface area (Å²) in [6.45, 7) is 2.06. The zero-order chi connectivity index (χ0) is 18.4. The molecule has 0 saturated heterocycles. The highest BCUT2D eigenvalue weighted by Gasteiger charge is 2.10. The Morgan fingerprint density at radius 1 is 0.808 bits per heavy atom. The van der Waals surface area contributed by atoms with Crippen molar-refractivity contribution in [2.45, 2.75) is 13.3 Å². The average Bonchev–Trinajstić information content (AvgIpc) is 2.69. The van der Waals surface area contributed by atoms with Gasteiger partial charge in [0.1, 0.15) is 5.75 Å². The molecule has 0 fully saturated rings.